The lowest BCUT2D eigenvalue weighted by Crippen LogP contribution is -2.16. The minimum Gasteiger partial charge on any atom is -0.349 e. The normalized spacial score (nSPS) is 11.5. The van der Waals surface area contributed by atoms with E-state index >= 15 is 0 Å². The molecule has 0 saturated heterocycles. The smallest absolute Gasteiger partial charge is 0.254 e. The van der Waals surface area contributed by atoms with Gasteiger partial charge in [0.2, 0.25) is 5.95 Å². The van der Waals surface area contributed by atoms with Crippen molar-refractivity contribution in [2.24, 2.45) is 0 Å². The highest BCUT2D eigenvalue weighted by atomic mass is 32.2. The lowest BCUT2D eigenvalue weighted by atomic mass is 10.2. The molecule has 0 radical (unpaired) electrons. The second-order valence-corrected chi connectivity index (χ2v) is 7.51. The van der Waals surface area contributed by atoms with Crippen LogP contribution in [0.25, 0.3) is 11.4 Å². The molecule has 0 aliphatic heterocycles. The number of hydrogen-bond acceptors (Lipinski definition) is 6. The van der Waals surface area contributed by atoms with Gasteiger partial charge in [-0.1, -0.05) is 36.4 Å². The molecule has 22 heavy (non-hydrogen) atoms. The fourth-order valence-electron chi connectivity index (χ4n) is 1.93. The number of rotatable bonds is 5. The van der Waals surface area contributed by atoms with Gasteiger partial charge < -0.3 is 5.32 Å². The quantitative estimate of drug-likeness (QED) is 0.775. The Morgan fingerprint density at radius 3 is 2.59 bits per heavy atom. The van der Waals surface area contributed by atoms with Gasteiger partial charge in [-0.05, 0) is 11.4 Å². The molecule has 1 N–H and O–H groups in total. The summed E-state index contributed by atoms with van der Waals surface area (Å²) >= 11 is 1.59. The molecule has 6 nitrogen and oxygen atoms in total. The van der Waals surface area contributed by atoms with Crippen LogP contribution < -0.4 is 5.32 Å². The molecule has 0 atom stereocenters. The van der Waals surface area contributed by atoms with Crippen LogP contribution in [0, 0.1) is 0 Å². The van der Waals surface area contributed by atoms with Crippen molar-refractivity contribution in [3.63, 3.8) is 0 Å². The van der Waals surface area contributed by atoms with E-state index in [1.165, 1.54) is 0 Å². The van der Waals surface area contributed by atoms with Gasteiger partial charge in [0.15, 0.2) is 5.82 Å². The molecule has 0 aliphatic carbocycles. The van der Waals surface area contributed by atoms with E-state index in [2.05, 4.69) is 15.4 Å². The number of anilines is 1. The molecular weight excluding hydrogens is 320 g/mol. The summed E-state index contributed by atoms with van der Waals surface area (Å²) in [5.74, 6) is 0.592. The third-order valence-corrected chi connectivity index (χ3v) is 4.68. The molecule has 0 fully saturated rings. The summed E-state index contributed by atoms with van der Waals surface area (Å²) in [5, 5.41) is 9.11. The summed E-state index contributed by atoms with van der Waals surface area (Å²) in [5.41, 5.74) is 0.768. The topological polar surface area (TPSA) is 76.9 Å². The highest BCUT2D eigenvalue weighted by Crippen LogP contribution is 2.19. The minimum absolute atomic E-state index is 0.217. The fourth-order valence-corrected chi connectivity index (χ4v) is 3.22. The monoisotopic (exact) mass is 334 g/mol. The number of nitrogens with zero attached hydrogens (tertiary/aromatic N) is 3. The molecule has 0 saturated carbocycles. The molecule has 3 rings (SSSR count). The third-order valence-electron chi connectivity index (χ3n) is 2.93. The standard InChI is InChI=1S/C14H14N4O2S2/c1-22(19,20)18-14(15-10-12-8-5-9-21-12)16-13(17-18)11-6-3-2-4-7-11/h2-9H,10H2,1H3,(H,15,16,17). The Bertz CT molecular complexity index is 856. The SMILES string of the molecule is CS(=O)(=O)n1nc(-c2ccccc2)nc1NCc1cccs1. The number of hydrogen-bond donors (Lipinski definition) is 1. The first-order chi connectivity index (χ1) is 10.5. The zero-order valence-electron chi connectivity index (χ0n) is 11.8. The number of thiophene rings is 1. The van der Waals surface area contributed by atoms with Gasteiger partial charge in [0.25, 0.3) is 10.0 Å². The van der Waals surface area contributed by atoms with Crippen molar-refractivity contribution in [3.05, 3.63) is 52.7 Å². The van der Waals surface area contributed by atoms with Crippen molar-refractivity contribution in [1.29, 1.82) is 0 Å². The van der Waals surface area contributed by atoms with Crippen LogP contribution in [0.15, 0.2) is 47.8 Å². The predicted molar refractivity (Wildman–Crippen MR) is 87.3 cm³/mol. The zero-order valence-corrected chi connectivity index (χ0v) is 13.4. The second kappa shape index (κ2) is 5.90. The molecule has 0 unspecified atom stereocenters. The molecule has 0 aliphatic rings. The van der Waals surface area contributed by atoms with Crippen LogP contribution in [0.1, 0.15) is 4.88 Å². The Morgan fingerprint density at radius 1 is 1.18 bits per heavy atom. The largest absolute Gasteiger partial charge is 0.349 e. The van der Waals surface area contributed by atoms with E-state index in [4.69, 9.17) is 0 Å². The first kappa shape index (κ1) is 14.7. The van der Waals surface area contributed by atoms with Crippen molar-refractivity contribution in [1.82, 2.24) is 14.2 Å². The van der Waals surface area contributed by atoms with Crippen LogP contribution in [0.4, 0.5) is 5.95 Å². The molecule has 8 heteroatoms. The first-order valence-electron chi connectivity index (χ1n) is 6.53. The van der Waals surface area contributed by atoms with E-state index in [-0.39, 0.29) is 5.95 Å². The molecule has 114 valence electrons. The number of benzene rings is 1. The van der Waals surface area contributed by atoms with E-state index in [1.807, 2.05) is 47.8 Å². The predicted octanol–water partition coefficient (Wildman–Crippen LogP) is 2.43. The van der Waals surface area contributed by atoms with Gasteiger partial charge in [-0.25, -0.2) is 8.42 Å². The van der Waals surface area contributed by atoms with E-state index in [9.17, 15) is 8.42 Å². The summed E-state index contributed by atoms with van der Waals surface area (Å²) in [4.78, 5) is 5.40. The van der Waals surface area contributed by atoms with Gasteiger partial charge in [-0.3, -0.25) is 0 Å². The van der Waals surface area contributed by atoms with Gasteiger partial charge in [0.1, 0.15) is 0 Å². The van der Waals surface area contributed by atoms with Crippen molar-refractivity contribution in [3.8, 4) is 11.4 Å². The first-order valence-corrected chi connectivity index (χ1v) is 9.26. The van der Waals surface area contributed by atoms with Crippen LogP contribution in [-0.4, -0.2) is 28.8 Å². The lowest BCUT2D eigenvalue weighted by molar-refractivity contribution is 0.587. The molecule has 2 aromatic heterocycles. The van der Waals surface area contributed by atoms with E-state index < -0.39 is 10.0 Å². The van der Waals surface area contributed by atoms with Crippen LogP contribution >= 0.6 is 11.3 Å². The van der Waals surface area contributed by atoms with Crippen LogP contribution in [0.2, 0.25) is 0 Å². The summed E-state index contributed by atoms with van der Waals surface area (Å²) in [6.07, 6.45) is 1.10. The van der Waals surface area contributed by atoms with Gasteiger partial charge in [0, 0.05) is 10.4 Å². The maximum absolute atomic E-state index is 11.9. The van der Waals surface area contributed by atoms with Gasteiger partial charge in [-0.15, -0.1) is 20.5 Å². The summed E-state index contributed by atoms with van der Waals surface area (Å²) < 4.78 is 24.7. The summed E-state index contributed by atoms with van der Waals surface area (Å²) in [6.45, 7) is 0.500. The summed E-state index contributed by atoms with van der Waals surface area (Å²) in [7, 11) is -3.53. The van der Waals surface area contributed by atoms with Gasteiger partial charge >= 0.3 is 0 Å². The number of aromatic nitrogens is 3. The minimum atomic E-state index is -3.53. The Labute approximate surface area is 132 Å². The van der Waals surface area contributed by atoms with Crippen molar-refractivity contribution in [2.75, 3.05) is 11.6 Å². The van der Waals surface area contributed by atoms with Gasteiger partial charge in [0.05, 0.1) is 12.8 Å². The maximum atomic E-state index is 11.9. The highest BCUT2D eigenvalue weighted by Gasteiger charge is 2.18. The van der Waals surface area contributed by atoms with E-state index in [0.717, 1.165) is 20.8 Å². The third kappa shape index (κ3) is 3.18. The van der Waals surface area contributed by atoms with Gasteiger partial charge in [-0.2, -0.15) is 4.98 Å². The Hall–Kier alpha value is -2.19. The Morgan fingerprint density at radius 2 is 1.95 bits per heavy atom. The molecule has 3 aromatic rings. The average Bonchev–Trinajstić information content (AvgIpc) is 3.15. The van der Waals surface area contributed by atoms with Crippen molar-refractivity contribution in [2.45, 2.75) is 6.54 Å². The Balaban J connectivity index is 1.95. The molecular formula is C14H14N4O2S2. The van der Waals surface area contributed by atoms with Crippen LogP contribution in [0.3, 0.4) is 0 Å². The molecule has 0 amide bonds. The highest BCUT2D eigenvalue weighted by molar-refractivity contribution is 7.89. The van der Waals surface area contributed by atoms with Crippen LogP contribution in [-0.2, 0) is 16.6 Å². The van der Waals surface area contributed by atoms with Crippen molar-refractivity contribution >= 4 is 27.3 Å². The maximum Gasteiger partial charge on any atom is 0.254 e. The Kier molecular flexibility index (Phi) is 3.95. The molecule has 1 aromatic carbocycles. The molecule has 2 heterocycles. The fraction of sp³-hybridized carbons (Fsp3) is 0.143. The molecule has 0 spiro atoms. The van der Waals surface area contributed by atoms with Crippen molar-refractivity contribution < 1.29 is 8.42 Å². The summed E-state index contributed by atoms with van der Waals surface area (Å²) in [6, 6.07) is 13.2. The zero-order chi connectivity index (χ0) is 15.6. The molecule has 0 bridgehead atoms. The van der Waals surface area contributed by atoms with E-state index in [1.54, 1.807) is 11.3 Å². The average molecular weight is 334 g/mol. The van der Waals surface area contributed by atoms with E-state index in [0.29, 0.717) is 12.4 Å². The lowest BCUT2D eigenvalue weighted by Gasteiger charge is -2.04. The van der Waals surface area contributed by atoms with Crippen LogP contribution in [0.5, 0.6) is 0 Å². The number of nitrogens with one attached hydrogen (secondary N) is 1. The second-order valence-electron chi connectivity index (χ2n) is 4.66.